The number of carbonyl (C=O) groups excluding carboxylic acids is 2. The van der Waals surface area contributed by atoms with E-state index in [1.165, 1.54) is 16.1 Å². The highest BCUT2D eigenvalue weighted by Crippen LogP contribution is 2.17. The number of hydrogen-bond acceptors (Lipinski definition) is 4. The van der Waals surface area contributed by atoms with Crippen LogP contribution in [0.2, 0.25) is 0 Å². The van der Waals surface area contributed by atoms with E-state index in [4.69, 9.17) is 9.52 Å². The average Bonchev–Trinajstić information content (AvgIpc) is 3.02. The summed E-state index contributed by atoms with van der Waals surface area (Å²) in [6, 6.07) is 1.60. The number of aliphatic carboxylic acids is 1. The Morgan fingerprint density at radius 1 is 1.43 bits per heavy atom. The van der Waals surface area contributed by atoms with E-state index in [0.717, 1.165) is 0 Å². The van der Waals surface area contributed by atoms with Crippen molar-refractivity contribution in [2.45, 2.75) is 26.2 Å². The molecule has 1 N–H and O–H groups in total. The lowest BCUT2D eigenvalue weighted by Gasteiger charge is -2.32. The lowest BCUT2D eigenvalue weighted by atomic mass is 9.98. The van der Waals surface area contributed by atoms with Crippen molar-refractivity contribution in [2.24, 2.45) is 5.92 Å². The molecule has 1 saturated heterocycles. The zero-order valence-corrected chi connectivity index (χ0v) is 13.4. The highest BCUT2D eigenvalue weighted by molar-refractivity contribution is 5.97. The van der Waals surface area contributed by atoms with Crippen LogP contribution in [0, 0.1) is 5.92 Å². The molecule has 1 aromatic heterocycles. The Balaban J connectivity index is 1.96. The lowest BCUT2D eigenvalue weighted by molar-refractivity contribution is -0.145. The number of amides is 2. The van der Waals surface area contributed by atoms with E-state index in [9.17, 15) is 14.4 Å². The van der Waals surface area contributed by atoms with Crippen molar-refractivity contribution in [2.75, 3.05) is 26.7 Å². The van der Waals surface area contributed by atoms with Gasteiger partial charge in [-0.25, -0.2) is 0 Å². The highest BCUT2D eigenvalue weighted by atomic mass is 16.4. The topological polar surface area (TPSA) is 91.1 Å². The first-order valence-electron chi connectivity index (χ1n) is 7.76. The van der Waals surface area contributed by atoms with Gasteiger partial charge >= 0.3 is 5.97 Å². The fourth-order valence-corrected chi connectivity index (χ4v) is 2.79. The number of likely N-dealkylation sites (tertiary alicyclic amines) is 1. The molecule has 2 heterocycles. The van der Waals surface area contributed by atoms with Crippen LogP contribution in [0.25, 0.3) is 0 Å². The van der Waals surface area contributed by atoms with Gasteiger partial charge < -0.3 is 19.3 Å². The van der Waals surface area contributed by atoms with Crippen molar-refractivity contribution in [1.82, 2.24) is 9.80 Å². The summed E-state index contributed by atoms with van der Waals surface area (Å²) in [7, 11) is 1.56. The van der Waals surface area contributed by atoms with Crippen molar-refractivity contribution in [3.05, 3.63) is 23.7 Å². The summed E-state index contributed by atoms with van der Waals surface area (Å²) in [6.07, 6.45) is 3.32. The molecule has 7 heteroatoms. The first kappa shape index (κ1) is 17.1. The number of rotatable bonds is 5. The zero-order valence-electron chi connectivity index (χ0n) is 13.4. The maximum absolute atomic E-state index is 12.4. The monoisotopic (exact) mass is 322 g/mol. The molecular weight excluding hydrogens is 300 g/mol. The van der Waals surface area contributed by atoms with Gasteiger partial charge in [-0.15, -0.1) is 0 Å². The minimum absolute atomic E-state index is 0.0699. The summed E-state index contributed by atoms with van der Waals surface area (Å²) in [6.45, 7) is 2.57. The van der Waals surface area contributed by atoms with Gasteiger partial charge in [0.05, 0.1) is 24.3 Å². The van der Waals surface area contributed by atoms with Gasteiger partial charge in [-0.2, -0.15) is 0 Å². The molecule has 0 spiro atoms. The molecule has 23 heavy (non-hydrogen) atoms. The average molecular weight is 322 g/mol. The van der Waals surface area contributed by atoms with E-state index in [0.29, 0.717) is 37.1 Å². The van der Waals surface area contributed by atoms with Gasteiger partial charge in [0, 0.05) is 26.6 Å². The second kappa shape index (κ2) is 7.30. The first-order valence-corrected chi connectivity index (χ1v) is 7.76. The Labute approximate surface area is 134 Å². The second-order valence-electron chi connectivity index (χ2n) is 5.79. The third-order valence-corrected chi connectivity index (χ3v) is 4.14. The number of aryl methyl sites for hydroxylation is 1. The summed E-state index contributed by atoms with van der Waals surface area (Å²) in [4.78, 5) is 38.6. The van der Waals surface area contributed by atoms with Gasteiger partial charge in [0.25, 0.3) is 5.91 Å². The molecule has 1 aliphatic heterocycles. The van der Waals surface area contributed by atoms with Crippen LogP contribution < -0.4 is 0 Å². The number of carbonyl (C=O) groups is 3. The predicted molar refractivity (Wildman–Crippen MR) is 82.0 cm³/mol. The Morgan fingerprint density at radius 2 is 2.17 bits per heavy atom. The van der Waals surface area contributed by atoms with Crippen LogP contribution in [0.5, 0.6) is 0 Å². The summed E-state index contributed by atoms with van der Waals surface area (Å²) >= 11 is 0. The molecule has 0 aliphatic carbocycles. The van der Waals surface area contributed by atoms with Crippen molar-refractivity contribution in [1.29, 1.82) is 0 Å². The van der Waals surface area contributed by atoms with E-state index < -0.39 is 11.9 Å². The Kier molecular flexibility index (Phi) is 5.41. The van der Waals surface area contributed by atoms with Gasteiger partial charge in [-0.05, 0) is 18.9 Å². The fourth-order valence-electron chi connectivity index (χ4n) is 2.79. The van der Waals surface area contributed by atoms with Crippen LogP contribution in [-0.2, 0) is 16.0 Å². The molecule has 1 aliphatic rings. The van der Waals surface area contributed by atoms with Crippen molar-refractivity contribution in [3.8, 4) is 0 Å². The van der Waals surface area contributed by atoms with Crippen LogP contribution in [0.1, 0.15) is 35.9 Å². The van der Waals surface area contributed by atoms with Crippen LogP contribution in [0.4, 0.5) is 0 Å². The molecular formula is C16H22N2O5. The third kappa shape index (κ3) is 3.91. The van der Waals surface area contributed by atoms with Gasteiger partial charge in [0.15, 0.2) is 0 Å². The van der Waals surface area contributed by atoms with Crippen LogP contribution in [0.3, 0.4) is 0 Å². The molecule has 0 unspecified atom stereocenters. The number of hydrogen-bond donors (Lipinski definition) is 1. The van der Waals surface area contributed by atoms with E-state index in [1.807, 2.05) is 6.92 Å². The largest absolute Gasteiger partial charge is 0.481 e. The Morgan fingerprint density at radius 3 is 2.83 bits per heavy atom. The van der Waals surface area contributed by atoms with Gasteiger partial charge in [-0.3, -0.25) is 14.4 Å². The molecule has 0 radical (unpaired) electrons. The molecule has 7 nitrogen and oxygen atoms in total. The molecule has 126 valence electrons. The molecule has 1 fully saturated rings. The lowest BCUT2D eigenvalue weighted by Crippen LogP contribution is -2.46. The SMILES string of the molecule is CCc1occc1C(=O)N(C)CC(=O)N1CCC[C@@H](C(=O)O)C1. The van der Waals surface area contributed by atoms with Crippen LogP contribution in [-0.4, -0.2) is 59.4 Å². The molecule has 2 rings (SSSR count). The number of nitrogens with zero attached hydrogens (tertiary/aromatic N) is 2. The summed E-state index contributed by atoms with van der Waals surface area (Å²) in [5.74, 6) is -1.30. The van der Waals surface area contributed by atoms with Gasteiger partial charge in [0.2, 0.25) is 5.91 Å². The first-order chi connectivity index (χ1) is 10.9. The predicted octanol–water partition coefficient (Wildman–Crippen LogP) is 1.24. The number of carboxylic acids is 1. The number of piperidine rings is 1. The smallest absolute Gasteiger partial charge is 0.308 e. The highest BCUT2D eigenvalue weighted by Gasteiger charge is 2.29. The molecule has 1 aromatic rings. The maximum Gasteiger partial charge on any atom is 0.308 e. The Bertz CT molecular complexity index is 595. The van der Waals surface area contributed by atoms with Crippen molar-refractivity contribution in [3.63, 3.8) is 0 Å². The molecule has 1 atom stereocenters. The summed E-state index contributed by atoms with van der Waals surface area (Å²) in [5.41, 5.74) is 0.463. The fraction of sp³-hybridized carbons (Fsp3) is 0.562. The standard InChI is InChI=1S/C16H22N2O5/c1-3-13-12(6-8-23-13)15(20)17(2)10-14(19)18-7-4-5-11(9-18)16(21)22/h6,8,11H,3-5,7,9-10H2,1-2H3,(H,21,22)/t11-/m1/s1. The van der Waals surface area contributed by atoms with E-state index in [-0.39, 0.29) is 24.9 Å². The number of likely N-dealkylation sites (N-methyl/N-ethyl adjacent to an activating group) is 1. The third-order valence-electron chi connectivity index (χ3n) is 4.14. The number of carboxylic acid groups (broad SMARTS) is 1. The normalized spacial score (nSPS) is 17.8. The summed E-state index contributed by atoms with van der Waals surface area (Å²) in [5, 5.41) is 9.08. The minimum Gasteiger partial charge on any atom is -0.481 e. The van der Waals surface area contributed by atoms with E-state index >= 15 is 0 Å². The van der Waals surface area contributed by atoms with E-state index in [2.05, 4.69) is 0 Å². The van der Waals surface area contributed by atoms with Crippen LogP contribution >= 0.6 is 0 Å². The quantitative estimate of drug-likeness (QED) is 0.880. The Hall–Kier alpha value is -2.31. The molecule has 0 bridgehead atoms. The maximum atomic E-state index is 12.4. The minimum atomic E-state index is -0.877. The van der Waals surface area contributed by atoms with Crippen molar-refractivity contribution >= 4 is 17.8 Å². The van der Waals surface area contributed by atoms with E-state index in [1.54, 1.807) is 13.1 Å². The molecule has 0 saturated carbocycles. The zero-order chi connectivity index (χ0) is 17.0. The summed E-state index contributed by atoms with van der Waals surface area (Å²) < 4.78 is 5.24. The van der Waals surface area contributed by atoms with Gasteiger partial charge in [0.1, 0.15) is 5.76 Å². The van der Waals surface area contributed by atoms with Crippen LogP contribution in [0.15, 0.2) is 16.7 Å². The van der Waals surface area contributed by atoms with Crippen molar-refractivity contribution < 1.29 is 23.9 Å². The number of furan rings is 1. The second-order valence-corrected chi connectivity index (χ2v) is 5.79. The molecule has 0 aromatic carbocycles. The van der Waals surface area contributed by atoms with Gasteiger partial charge in [-0.1, -0.05) is 6.92 Å². The molecule has 2 amide bonds.